The van der Waals surface area contributed by atoms with Crippen molar-refractivity contribution in [2.75, 3.05) is 7.11 Å². The summed E-state index contributed by atoms with van der Waals surface area (Å²) in [4.78, 5) is 27.2. The van der Waals surface area contributed by atoms with Gasteiger partial charge in [0.05, 0.1) is 19.2 Å². The molecule has 1 atom stereocenters. The van der Waals surface area contributed by atoms with Gasteiger partial charge in [-0.05, 0) is 41.7 Å². The molecule has 0 aromatic heterocycles. The lowest BCUT2D eigenvalue weighted by atomic mass is 9.83. The third-order valence-electron chi connectivity index (χ3n) is 5.49. The maximum absolute atomic E-state index is 13.2. The molecule has 2 aromatic carbocycles. The number of amides is 1. The first-order valence-electron chi connectivity index (χ1n) is 9.75. The van der Waals surface area contributed by atoms with Gasteiger partial charge >= 0.3 is 5.97 Å². The molecule has 0 unspecified atom stereocenters. The Morgan fingerprint density at radius 3 is 2.31 bits per heavy atom. The van der Waals surface area contributed by atoms with Crippen LogP contribution in [0.15, 0.2) is 59.8 Å². The zero-order valence-electron chi connectivity index (χ0n) is 17.2. The number of methoxy groups -OCH3 is 1. The van der Waals surface area contributed by atoms with Gasteiger partial charge in [-0.15, -0.1) is 0 Å². The van der Waals surface area contributed by atoms with E-state index in [9.17, 15) is 14.0 Å². The summed E-state index contributed by atoms with van der Waals surface area (Å²) < 4.78 is 18.2. The van der Waals surface area contributed by atoms with Gasteiger partial charge in [0, 0.05) is 18.0 Å². The van der Waals surface area contributed by atoms with E-state index in [2.05, 4.69) is 13.8 Å². The molecule has 0 N–H and O–H groups in total. The van der Waals surface area contributed by atoms with Crippen molar-refractivity contribution in [3.63, 3.8) is 0 Å². The number of allylic oxidation sites excluding steroid dienone is 1. The molecule has 0 bridgehead atoms. The summed E-state index contributed by atoms with van der Waals surface area (Å²) in [5.74, 6) is -0.776. The molecule has 0 saturated carbocycles. The van der Waals surface area contributed by atoms with Crippen molar-refractivity contribution >= 4 is 11.9 Å². The summed E-state index contributed by atoms with van der Waals surface area (Å²) in [7, 11) is 1.35. The van der Waals surface area contributed by atoms with Crippen LogP contribution in [0.5, 0.6) is 0 Å². The molecule has 152 valence electrons. The van der Waals surface area contributed by atoms with Crippen molar-refractivity contribution in [2.45, 2.75) is 45.6 Å². The maximum Gasteiger partial charge on any atom is 0.336 e. The Balaban J connectivity index is 1.98. The number of benzene rings is 2. The molecular weight excluding hydrogens is 369 g/mol. The fourth-order valence-corrected chi connectivity index (χ4v) is 3.75. The number of hydrogen-bond acceptors (Lipinski definition) is 3. The molecule has 4 nitrogen and oxygen atoms in total. The van der Waals surface area contributed by atoms with Gasteiger partial charge in [-0.3, -0.25) is 4.79 Å². The number of ether oxygens (including phenoxy) is 1. The van der Waals surface area contributed by atoms with Crippen molar-refractivity contribution in [3.05, 3.63) is 82.3 Å². The Hall–Kier alpha value is -2.95. The van der Waals surface area contributed by atoms with E-state index in [1.54, 1.807) is 24.0 Å². The molecule has 0 radical (unpaired) electrons. The predicted octanol–water partition coefficient (Wildman–Crippen LogP) is 4.91. The first kappa shape index (κ1) is 20.8. The van der Waals surface area contributed by atoms with Gasteiger partial charge in [-0.25, -0.2) is 9.18 Å². The standard InChI is InChI=1S/C24H26FNO3/c1-15(2)18-7-9-19(10-8-18)21-13-22(27)26(16(3)23(21)24(28)29-4)14-17-5-11-20(25)12-6-17/h5-12,15,21H,13-14H2,1-4H3/t21-/m1/s1. The van der Waals surface area contributed by atoms with E-state index >= 15 is 0 Å². The van der Waals surface area contributed by atoms with Crippen LogP contribution in [0, 0.1) is 5.82 Å². The highest BCUT2D eigenvalue weighted by molar-refractivity contribution is 5.95. The van der Waals surface area contributed by atoms with E-state index in [4.69, 9.17) is 4.74 Å². The van der Waals surface area contributed by atoms with Crippen LogP contribution in [0.1, 0.15) is 55.7 Å². The molecule has 0 saturated heterocycles. The maximum atomic E-state index is 13.2. The molecule has 3 rings (SSSR count). The summed E-state index contributed by atoms with van der Waals surface area (Å²) in [5, 5.41) is 0. The second-order valence-corrected chi connectivity index (χ2v) is 7.68. The SMILES string of the molecule is COC(=O)C1=C(C)N(Cc2ccc(F)cc2)C(=O)C[C@@H]1c1ccc(C(C)C)cc1. The highest BCUT2D eigenvalue weighted by atomic mass is 19.1. The van der Waals surface area contributed by atoms with Crippen LogP contribution >= 0.6 is 0 Å². The summed E-state index contributed by atoms with van der Waals surface area (Å²) in [6, 6.07) is 14.1. The minimum absolute atomic E-state index is 0.0718. The van der Waals surface area contributed by atoms with Crippen molar-refractivity contribution in [3.8, 4) is 0 Å². The van der Waals surface area contributed by atoms with Crippen molar-refractivity contribution in [1.82, 2.24) is 4.90 Å². The fourth-order valence-electron chi connectivity index (χ4n) is 3.75. The normalized spacial score (nSPS) is 17.1. The summed E-state index contributed by atoms with van der Waals surface area (Å²) in [5.41, 5.74) is 3.99. The van der Waals surface area contributed by atoms with Gasteiger partial charge in [0.2, 0.25) is 5.91 Å². The lowest BCUT2D eigenvalue weighted by molar-refractivity contribution is -0.138. The molecule has 0 aliphatic carbocycles. The highest BCUT2D eigenvalue weighted by Gasteiger charge is 2.36. The molecule has 0 spiro atoms. The number of hydrogen-bond donors (Lipinski definition) is 0. The monoisotopic (exact) mass is 395 g/mol. The molecular formula is C24H26FNO3. The minimum Gasteiger partial charge on any atom is -0.466 e. The van der Waals surface area contributed by atoms with Crippen LogP contribution in [0.4, 0.5) is 4.39 Å². The van der Waals surface area contributed by atoms with E-state index in [1.165, 1.54) is 24.8 Å². The zero-order valence-corrected chi connectivity index (χ0v) is 17.2. The van der Waals surface area contributed by atoms with Crippen LogP contribution in [0.2, 0.25) is 0 Å². The summed E-state index contributed by atoms with van der Waals surface area (Å²) in [6.45, 7) is 6.29. The van der Waals surface area contributed by atoms with Crippen LogP contribution in [0.25, 0.3) is 0 Å². The average Bonchev–Trinajstić information content (AvgIpc) is 2.71. The van der Waals surface area contributed by atoms with E-state index in [0.29, 0.717) is 17.2 Å². The van der Waals surface area contributed by atoms with Gasteiger partial charge < -0.3 is 9.64 Å². The number of carbonyl (C=O) groups is 2. The highest BCUT2D eigenvalue weighted by Crippen LogP contribution is 2.38. The zero-order chi connectivity index (χ0) is 21.1. The van der Waals surface area contributed by atoms with Gasteiger partial charge in [0.1, 0.15) is 5.82 Å². The Bertz CT molecular complexity index is 930. The first-order chi connectivity index (χ1) is 13.8. The Kier molecular flexibility index (Phi) is 6.16. The lowest BCUT2D eigenvalue weighted by Crippen LogP contribution is -2.37. The number of esters is 1. The molecule has 1 aliphatic rings. The Morgan fingerprint density at radius 2 is 1.76 bits per heavy atom. The van der Waals surface area contributed by atoms with Crippen molar-refractivity contribution in [2.24, 2.45) is 0 Å². The lowest BCUT2D eigenvalue weighted by Gasteiger charge is -2.34. The van der Waals surface area contributed by atoms with E-state index in [-0.39, 0.29) is 30.6 Å². The fraction of sp³-hybridized carbons (Fsp3) is 0.333. The first-order valence-corrected chi connectivity index (χ1v) is 9.75. The molecule has 1 heterocycles. The average molecular weight is 395 g/mol. The smallest absolute Gasteiger partial charge is 0.336 e. The number of halogens is 1. The van der Waals surface area contributed by atoms with Crippen LogP contribution < -0.4 is 0 Å². The Morgan fingerprint density at radius 1 is 1.14 bits per heavy atom. The summed E-state index contributed by atoms with van der Waals surface area (Å²) >= 11 is 0. The van der Waals surface area contributed by atoms with Crippen molar-refractivity contribution < 1.29 is 18.7 Å². The second-order valence-electron chi connectivity index (χ2n) is 7.68. The van der Waals surface area contributed by atoms with Gasteiger partial charge in [-0.1, -0.05) is 50.2 Å². The van der Waals surface area contributed by atoms with E-state index in [0.717, 1.165) is 11.1 Å². The van der Waals surface area contributed by atoms with Crippen LogP contribution in [0.3, 0.4) is 0 Å². The number of rotatable bonds is 5. The minimum atomic E-state index is -0.433. The topological polar surface area (TPSA) is 46.6 Å². The van der Waals surface area contributed by atoms with E-state index in [1.807, 2.05) is 24.3 Å². The van der Waals surface area contributed by atoms with Gasteiger partial charge in [0.15, 0.2) is 0 Å². The second kappa shape index (κ2) is 8.60. The van der Waals surface area contributed by atoms with Gasteiger partial charge in [0.25, 0.3) is 0 Å². The van der Waals surface area contributed by atoms with E-state index < -0.39 is 5.97 Å². The Labute approximate surface area is 171 Å². The molecule has 29 heavy (non-hydrogen) atoms. The number of carbonyl (C=O) groups excluding carboxylic acids is 2. The van der Waals surface area contributed by atoms with Gasteiger partial charge in [-0.2, -0.15) is 0 Å². The molecule has 5 heteroatoms. The third kappa shape index (κ3) is 4.39. The quantitative estimate of drug-likeness (QED) is 0.676. The largest absolute Gasteiger partial charge is 0.466 e. The predicted molar refractivity (Wildman–Crippen MR) is 110 cm³/mol. The van der Waals surface area contributed by atoms with Crippen LogP contribution in [-0.2, 0) is 20.9 Å². The van der Waals surface area contributed by atoms with Crippen LogP contribution in [-0.4, -0.2) is 23.9 Å². The molecule has 1 amide bonds. The molecule has 0 fully saturated rings. The number of nitrogens with zero attached hydrogens (tertiary/aromatic N) is 1. The molecule has 2 aromatic rings. The van der Waals surface area contributed by atoms with Crippen molar-refractivity contribution in [1.29, 1.82) is 0 Å². The third-order valence-corrected chi connectivity index (χ3v) is 5.49. The summed E-state index contributed by atoms with van der Waals surface area (Å²) in [6.07, 6.45) is 0.185. The molecule has 1 aliphatic heterocycles.